The maximum atomic E-state index is 12.8. The molecule has 3 rings (SSSR count). The highest BCUT2D eigenvalue weighted by Crippen LogP contribution is 2.30. The summed E-state index contributed by atoms with van der Waals surface area (Å²) >= 11 is 0. The number of ether oxygens (including phenoxy) is 1. The van der Waals surface area contributed by atoms with Crippen molar-refractivity contribution in [2.75, 3.05) is 19.8 Å². The van der Waals surface area contributed by atoms with Gasteiger partial charge in [0.2, 0.25) is 0 Å². The topological polar surface area (TPSA) is 84.7 Å². The third-order valence-electron chi connectivity index (χ3n) is 4.46. The van der Waals surface area contributed by atoms with Crippen molar-refractivity contribution in [2.24, 2.45) is 0 Å². The maximum absolute atomic E-state index is 12.8. The number of rotatable bonds is 4. The van der Waals surface area contributed by atoms with E-state index in [4.69, 9.17) is 9.84 Å². The standard InChI is InChI=1S/C15H21N3O4/c19-14(20)9-12-10-22-8-7-17(12)15(21)13-5-6-16-18(13)11-3-1-2-4-11/h5-6,11-12H,1-4,7-10H2,(H,19,20)/t12-/m0/s1. The van der Waals surface area contributed by atoms with Gasteiger partial charge in [-0.15, -0.1) is 0 Å². The molecule has 22 heavy (non-hydrogen) atoms. The fraction of sp³-hybridized carbons (Fsp3) is 0.667. The second-order valence-electron chi connectivity index (χ2n) is 5.92. The SMILES string of the molecule is O=C(O)C[C@H]1COCCN1C(=O)c1ccnn1C1CCCC1. The zero-order valence-electron chi connectivity index (χ0n) is 12.5. The van der Waals surface area contributed by atoms with E-state index in [9.17, 15) is 9.59 Å². The van der Waals surface area contributed by atoms with Crippen LogP contribution in [0, 0.1) is 0 Å². The predicted molar refractivity (Wildman–Crippen MR) is 77.6 cm³/mol. The molecule has 2 heterocycles. The van der Waals surface area contributed by atoms with E-state index in [1.54, 1.807) is 17.2 Å². The molecule has 2 fully saturated rings. The number of aliphatic carboxylic acids is 1. The van der Waals surface area contributed by atoms with Crippen molar-refractivity contribution in [3.8, 4) is 0 Å². The van der Waals surface area contributed by atoms with Gasteiger partial charge in [0, 0.05) is 12.7 Å². The van der Waals surface area contributed by atoms with Gasteiger partial charge >= 0.3 is 5.97 Å². The first kappa shape index (κ1) is 15.0. The van der Waals surface area contributed by atoms with E-state index < -0.39 is 12.0 Å². The quantitative estimate of drug-likeness (QED) is 0.906. The summed E-state index contributed by atoms with van der Waals surface area (Å²) in [7, 11) is 0. The smallest absolute Gasteiger partial charge is 0.305 e. The van der Waals surface area contributed by atoms with Crippen LogP contribution in [0.5, 0.6) is 0 Å². The Hall–Kier alpha value is -1.89. The minimum absolute atomic E-state index is 0.0939. The zero-order valence-corrected chi connectivity index (χ0v) is 12.5. The molecule has 0 unspecified atom stereocenters. The molecule has 7 heteroatoms. The van der Waals surface area contributed by atoms with E-state index in [1.165, 1.54) is 0 Å². The molecule has 0 spiro atoms. The second kappa shape index (κ2) is 6.48. The zero-order chi connectivity index (χ0) is 15.5. The van der Waals surface area contributed by atoms with Gasteiger partial charge in [0.05, 0.1) is 31.7 Å². The Morgan fingerprint density at radius 3 is 2.86 bits per heavy atom. The van der Waals surface area contributed by atoms with Gasteiger partial charge in [-0.2, -0.15) is 5.10 Å². The normalized spacial score (nSPS) is 22.9. The summed E-state index contributed by atoms with van der Waals surface area (Å²) in [5, 5.41) is 13.3. The van der Waals surface area contributed by atoms with E-state index in [1.807, 2.05) is 4.68 Å². The molecular formula is C15H21N3O4. The lowest BCUT2D eigenvalue weighted by Gasteiger charge is -2.35. The lowest BCUT2D eigenvalue weighted by atomic mass is 10.1. The Labute approximate surface area is 128 Å². The van der Waals surface area contributed by atoms with Crippen LogP contribution in [0.1, 0.15) is 48.6 Å². The molecule has 7 nitrogen and oxygen atoms in total. The molecular weight excluding hydrogens is 286 g/mol. The minimum atomic E-state index is -0.919. The van der Waals surface area contributed by atoms with Crippen LogP contribution in [-0.2, 0) is 9.53 Å². The summed E-state index contributed by atoms with van der Waals surface area (Å²) in [4.78, 5) is 25.5. The highest BCUT2D eigenvalue weighted by atomic mass is 16.5. The van der Waals surface area contributed by atoms with Crippen LogP contribution in [0.3, 0.4) is 0 Å². The Morgan fingerprint density at radius 2 is 2.14 bits per heavy atom. The molecule has 1 atom stereocenters. The summed E-state index contributed by atoms with van der Waals surface area (Å²) in [6.07, 6.45) is 5.98. The summed E-state index contributed by atoms with van der Waals surface area (Å²) in [5.41, 5.74) is 0.559. The first-order valence-electron chi connectivity index (χ1n) is 7.81. The first-order valence-corrected chi connectivity index (χ1v) is 7.81. The average molecular weight is 307 g/mol. The number of hydrogen-bond acceptors (Lipinski definition) is 4. The fourth-order valence-corrected chi connectivity index (χ4v) is 3.36. The highest BCUT2D eigenvalue weighted by Gasteiger charge is 2.32. The van der Waals surface area contributed by atoms with Gasteiger partial charge in [-0.05, 0) is 18.9 Å². The molecule has 1 saturated carbocycles. The number of carboxylic acids is 1. The molecule has 1 aromatic heterocycles. The second-order valence-corrected chi connectivity index (χ2v) is 5.92. The molecule has 2 aliphatic rings. The monoisotopic (exact) mass is 307 g/mol. The highest BCUT2D eigenvalue weighted by molar-refractivity contribution is 5.93. The molecule has 0 radical (unpaired) electrons. The Kier molecular flexibility index (Phi) is 4.42. The van der Waals surface area contributed by atoms with Crippen LogP contribution in [0.4, 0.5) is 0 Å². The van der Waals surface area contributed by atoms with E-state index >= 15 is 0 Å². The number of carboxylic acid groups (broad SMARTS) is 1. The minimum Gasteiger partial charge on any atom is -0.481 e. The summed E-state index contributed by atoms with van der Waals surface area (Å²) in [5.74, 6) is -1.06. The van der Waals surface area contributed by atoms with Crippen molar-refractivity contribution >= 4 is 11.9 Å². The summed E-state index contributed by atoms with van der Waals surface area (Å²) in [6, 6.07) is 1.60. The van der Waals surface area contributed by atoms with Gasteiger partial charge in [0.15, 0.2) is 0 Å². The van der Waals surface area contributed by atoms with Gasteiger partial charge < -0.3 is 14.7 Å². The van der Waals surface area contributed by atoms with Crippen molar-refractivity contribution in [1.82, 2.24) is 14.7 Å². The van der Waals surface area contributed by atoms with E-state index in [2.05, 4.69) is 5.10 Å². The van der Waals surface area contributed by atoms with Crippen LogP contribution in [0.2, 0.25) is 0 Å². The third kappa shape index (κ3) is 2.99. The van der Waals surface area contributed by atoms with Crippen molar-refractivity contribution in [3.63, 3.8) is 0 Å². The Bertz CT molecular complexity index is 551. The van der Waals surface area contributed by atoms with Gasteiger partial charge in [-0.1, -0.05) is 12.8 Å². The van der Waals surface area contributed by atoms with Crippen LogP contribution in [0.15, 0.2) is 12.3 Å². The van der Waals surface area contributed by atoms with E-state index in [-0.39, 0.29) is 25.0 Å². The van der Waals surface area contributed by atoms with Crippen LogP contribution in [-0.4, -0.2) is 57.5 Å². The van der Waals surface area contributed by atoms with Crippen LogP contribution >= 0.6 is 0 Å². The van der Waals surface area contributed by atoms with Crippen molar-refractivity contribution in [1.29, 1.82) is 0 Å². The lowest BCUT2D eigenvalue weighted by molar-refractivity contribution is -0.139. The molecule has 0 bridgehead atoms. The van der Waals surface area contributed by atoms with Crippen LogP contribution in [0.25, 0.3) is 0 Å². The Morgan fingerprint density at radius 1 is 1.36 bits per heavy atom. The number of morpholine rings is 1. The number of carbonyl (C=O) groups is 2. The molecule has 0 aromatic carbocycles. The molecule has 1 aliphatic carbocycles. The van der Waals surface area contributed by atoms with Crippen molar-refractivity contribution < 1.29 is 19.4 Å². The maximum Gasteiger partial charge on any atom is 0.305 e. The molecule has 120 valence electrons. The number of nitrogens with zero attached hydrogens (tertiary/aromatic N) is 3. The third-order valence-corrected chi connectivity index (χ3v) is 4.46. The largest absolute Gasteiger partial charge is 0.481 e. The number of carbonyl (C=O) groups excluding carboxylic acids is 1. The summed E-state index contributed by atoms with van der Waals surface area (Å²) in [6.45, 7) is 1.14. The molecule has 1 aromatic rings. The summed E-state index contributed by atoms with van der Waals surface area (Å²) < 4.78 is 7.15. The molecule has 1 aliphatic heterocycles. The van der Waals surface area contributed by atoms with Crippen molar-refractivity contribution in [3.05, 3.63) is 18.0 Å². The number of aromatic nitrogens is 2. The lowest BCUT2D eigenvalue weighted by Crippen LogP contribution is -2.50. The predicted octanol–water partition coefficient (Wildman–Crippen LogP) is 1.31. The van der Waals surface area contributed by atoms with E-state index in [0.717, 1.165) is 25.7 Å². The Balaban J connectivity index is 1.80. The van der Waals surface area contributed by atoms with Crippen LogP contribution < -0.4 is 0 Å². The first-order chi connectivity index (χ1) is 10.7. The van der Waals surface area contributed by atoms with Gasteiger partial charge in [0.25, 0.3) is 5.91 Å². The molecule has 1 amide bonds. The van der Waals surface area contributed by atoms with Gasteiger partial charge in [-0.3, -0.25) is 14.3 Å². The molecule has 1 saturated heterocycles. The van der Waals surface area contributed by atoms with Gasteiger partial charge in [0.1, 0.15) is 5.69 Å². The number of amides is 1. The fourth-order valence-electron chi connectivity index (χ4n) is 3.36. The van der Waals surface area contributed by atoms with Gasteiger partial charge in [-0.25, -0.2) is 0 Å². The van der Waals surface area contributed by atoms with E-state index in [0.29, 0.717) is 18.8 Å². The number of hydrogen-bond donors (Lipinski definition) is 1. The average Bonchev–Trinajstić information content (AvgIpc) is 3.17. The molecule has 1 N–H and O–H groups in total. The van der Waals surface area contributed by atoms with Crippen molar-refractivity contribution in [2.45, 2.75) is 44.2 Å².